The van der Waals surface area contributed by atoms with Gasteiger partial charge < -0.3 is 10.4 Å². The second-order valence-corrected chi connectivity index (χ2v) is 7.27. The maximum Gasteiger partial charge on any atom is 0.308 e. The number of thiazole rings is 1. The Hall–Kier alpha value is -2.21. The van der Waals surface area contributed by atoms with Gasteiger partial charge in [-0.1, -0.05) is 26.0 Å². The molecule has 1 aromatic heterocycles. The van der Waals surface area contributed by atoms with E-state index in [9.17, 15) is 14.7 Å². The molecule has 128 valence electrons. The maximum atomic E-state index is 12.3. The monoisotopic (exact) mass is 346 g/mol. The van der Waals surface area contributed by atoms with Crippen molar-refractivity contribution < 1.29 is 14.7 Å². The lowest BCUT2D eigenvalue weighted by atomic mass is 9.97. The number of amides is 1. The van der Waals surface area contributed by atoms with Gasteiger partial charge in [0, 0.05) is 23.1 Å². The van der Waals surface area contributed by atoms with E-state index >= 15 is 0 Å². The number of nitrogens with one attached hydrogen (secondary N) is 1. The first-order chi connectivity index (χ1) is 11.4. The molecular weight excluding hydrogens is 324 g/mol. The number of benzene rings is 1. The van der Waals surface area contributed by atoms with E-state index in [-0.39, 0.29) is 18.4 Å². The predicted octanol–water partition coefficient (Wildman–Crippen LogP) is 3.60. The number of carbonyl (C=O) groups is 2. The van der Waals surface area contributed by atoms with Crippen LogP contribution in [0.1, 0.15) is 35.6 Å². The van der Waals surface area contributed by atoms with Crippen molar-refractivity contribution in [1.82, 2.24) is 10.3 Å². The third-order valence-corrected chi connectivity index (χ3v) is 4.43. The van der Waals surface area contributed by atoms with Crippen LogP contribution in [-0.4, -0.2) is 28.5 Å². The van der Waals surface area contributed by atoms with E-state index in [0.717, 1.165) is 16.3 Å². The normalized spacial score (nSPS) is 12.2. The highest BCUT2D eigenvalue weighted by atomic mass is 32.1. The molecule has 0 saturated heterocycles. The molecule has 1 amide bonds. The van der Waals surface area contributed by atoms with Gasteiger partial charge in [0.05, 0.1) is 16.6 Å². The van der Waals surface area contributed by atoms with Crippen molar-refractivity contribution in [2.24, 2.45) is 11.8 Å². The highest BCUT2D eigenvalue weighted by Crippen LogP contribution is 2.22. The summed E-state index contributed by atoms with van der Waals surface area (Å²) in [7, 11) is 0. The maximum absolute atomic E-state index is 12.3. The number of carboxylic acids is 1. The third-order valence-electron chi connectivity index (χ3n) is 3.65. The first kappa shape index (κ1) is 18.1. The molecule has 2 rings (SSSR count). The van der Waals surface area contributed by atoms with Gasteiger partial charge in [-0.2, -0.15) is 0 Å². The molecule has 0 aliphatic carbocycles. The minimum absolute atomic E-state index is 0.131. The Morgan fingerprint density at radius 2 is 2.08 bits per heavy atom. The summed E-state index contributed by atoms with van der Waals surface area (Å²) in [6.07, 6.45) is 0.535. The summed E-state index contributed by atoms with van der Waals surface area (Å²) in [5.41, 5.74) is 2.23. The summed E-state index contributed by atoms with van der Waals surface area (Å²) in [4.78, 5) is 28.0. The standard InChI is InChI=1S/C18H22N2O3S/c1-11(2)7-15(18(22)23)9-19-17(21)14-6-4-5-13(8-14)16-10-24-12(3)20-16/h4-6,8,10-11,15H,7,9H2,1-3H3,(H,19,21)(H,22,23). The summed E-state index contributed by atoms with van der Waals surface area (Å²) < 4.78 is 0. The van der Waals surface area contributed by atoms with Crippen molar-refractivity contribution in [3.63, 3.8) is 0 Å². The van der Waals surface area contributed by atoms with Crippen LogP contribution in [0.5, 0.6) is 0 Å². The molecule has 0 saturated carbocycles. The molecule has 1 atom stereocenters. The molecule has 0 spiro atoms. The Labute approximate surface area is 145 Å². The highest BCUT2D eigenvalue weighted by Gasteiger charge is 2.20. The smallest absolute Gasteiger partial charge is 0.308 e. The lowest BCUT2D eigenvalue weighted by Gasteiger charge is -2.15. The van der Waals surface area contributed by atoms with Crippen molar-refractivity contribution in [3.8, 4) is 11.3 Å². The highest BCUT2D eigenvalue weighted by molar-refractivity contribution is 7.09. The Morgan fingerprint density at radius 3 is 2.67 bits per heavy atom. The van der Waals surface area contributed by atoms with Crippen molar-refractivity contribution in [1.29, 1.82) is 0 Å². The quantitative estimate of drug-likeness (QED) is 0.803. The van der Waals surface area contributed by atoms with Crippen LogP contribution in [0.25, 0.3) is 11.3 Å². The SMILES string of the molecule is Cc1nc(-c2cccc(C(=O)NCC(CC(C)C)C(=O)O)c2)cs1. The minimum Gasteiger partial charge on any atom is -0.481 e. The Balaban J connectivity index is 2.06. The Kier molecular flexibility index (Phi) is 6.09. The van der Waals surface area contributed by atoms with Crippen LogP contribution in [0.4, 0.5) is 0 Å². The summed E-state index contributed by atoms with van der Waals surface area (Å²) in [5.74, 6) is -1.45. The van der Waals surface area contributed by atoms with Gasteiger partial charge in [-0.05, 0) is 31.4 Å². The largest absolute Gasteiger partial charge is 0.481 e. The summed E-state index contributed by atoms with van der Waals surface area (Å²) in [5, 5.41) is 14.9. The number of rotatable bonds is 7. The molecule has 0 radical (unpaired) electrons. The van der Waals surface area contributed by atoms with Crippen LogP contribution in [0, 0.1) is 18.8 Å². The van der Waals surface area contributed by atoms with Crippen molar-refractivity contribution >= 4 is 23.2 Å². The topological polar surface area (TPSA) is 79.3 Å². The van der Waals surface area contributed by atoms with Gasteiger partial charge in [0.25, 0.3) is 5.91 Å². The van der Waals surface area contributed by atoms with Crippen LogP contribution in [0.15, 0.2) is 29.6 Å². The fourth-order valence-corrected chi connectivity index (χ4v) is 3.10. The molecule has 0 aliphatic rings. The molecular formula is C18H22N2O3S. The van der Waals surface area contributed by atoms with E-state index < -0.39 is 11.9 Å². The average molecular weight is 346 g/mol. The average Bonchev–Trinajstić information content (AvgIpc) is 2.97. The molecule has 1 aromatic carbocycles. The van der Waals surface area contributed by atoms with Gasteiger partial charge >= 0.3 is 5.97 Å². The van der Waals surface area contributed by atoms with Gasteiger partial charge in [0.15, 0.2) is 0 Å². The first-order valence-electron chi connectivity index (χ1n) is 7.90. The second-order valence-electron chi connectivity index (χ2n) is 6.21. The number of hydrogen-bond donors (Lipinski definition) is 2. The summed E-state index contributed by atoms with van der Waals surface area (Å²) >= 11 is 1.56. The molecule has 0 bridgehead atoms. The molecule has 1 unspecified atom stereocenters. The zero-order valence-corrected chi connectivity index (χ0v) is 14.9. The number of aryl methyl sites for hydroxylation is 1. The van der Waals surface area contributed by atoms with E-state index in [2.05, 4.69) is 10.3 Å². The van der Waals surface area contributed by atoms with Crippen molar-refractivity contribution in [2.45, 2.75) is 27.2 Å². The molecule has 5 nitrogen and oxygen atoms in total. The second kappa shape index (κ2) is 8.06. The first-order valence-corrected chi connectivity index (χ1v) is 8.78. The molecule has 2 N–H and O–H groups in total. The van der Waals surface area contributed by atoms with Gasteiger partial charge in [-0.25, -0.2) is 4.98 Å². The van der Waals surface area contributed by atoms with E-state index in [1.54, 1.807) is 23.5 Å². The van der Waals surface area contributed by atoms with Gasteiger partial charge in [-0.3, -0.25) is 9.59 Å². The van der Waals surface area contributed by atoms with E-state index in [4.69, 9.17) is 0 Å². The molecule has 1 heterocycles. The van der Waals surface area contributed by atoms with Gasteiger partial charge in [-0.15, -0.1) is 11.3 Å². The number of carbonyl (C=O) groups excluding carboxylic acids is 1. The predicted molar refractivity (Wildman–Crippen MR) is 95.2 cm³/mol. The van der Waals surface area contributed by atoms with Crippen LogP contribution in [0.3, 0.4) is 0 Å². The Morgan fingerprint density at radius 1 is 1.33 bits per heavy atom. The van der Waals surface area contributed by atoms with Crippen molar-refractivity contribution in [3.05, 3.63) is 40.2 Å². The molecule has 0 aliphatic heterocycles. The number of hydrogen-bond acceptors (Lipinski definition) is 4. The van der Waals surface area contributed by atoms with E-state index in [0.29, 0.717) is 12.0 Å². The molecule has 6 heteroatoms. The van der Waals surface area contributed by atoms with E-state index in [1.807, 2.05) is 38.3 Å². The molecule has 24 heavy (non-hydrogen) atoms. The minimum atomic E-state index is -0.879. The fourth-order valence-electron chi connectivity index (χ4n) is 2.47. The van der Waals surface area contributed by atoms with Crippen LogP contribution in [0.2, 0.25) is 0 Å². The zero-order valence-electron chi connectivity index (χ0n) is 14.1. The molecule has 0 fully saturated rings. The number of aliphatic carboxylic acids is 1. The van der Waals surface area contributed by atoms with E-state index in [1.165, 1.54) is 0 Å². The van der Waals surface area contributed by atoms with Gasteiger partial charge in [0.1, 0.15) is 0 Å². The van der Waals surface area contributed by atoms with Crippen LogP contribution in [-0.2, 0) is 4.79 Å². The number of nitrogens with zero attached hydrogens (tertiary/aromatic N) is 1. The van der Waals surface area contributed by atoms with Crippen molar-refractivity contribution in [2.75, 3.05) is 6.54 Å². The fraction of sp³-hybridized carbons (Fsp3) is 0.389. The Bertz CT molecular complexity index is 725. The third kappa shape index (κ3) is 4.89. The number of carboxylic acid groups (broad SMARTS) is 1. The van der Waals surface area contributed by atoms with Crippen LogP contribution < -0.4 is 5.32 Å². The lowest BCUT2D eigenvalue weighted by Crippen LogP contribution is -2.33. The van der Waals surface area contributed by atoms with Gasteiger partial charge in [0.2, 0.25) is 0 Å². The summed E-state index contributed by atoms with van der Waals surface area (Å²) in [6.45, 7) is 6.01. The van der Waals surface area contributed by atoms with Crippen LogP contribution >= 0.6 is 11.3 Å². The summed E-state index contributed by atoms with van der Waals surface area (Å²) in [6, 6.07) is 7.21. The lowest BCUT2D eigenvalue weighted by molar-refractivity contribution is -0.142. The molecule has 2 aromatic rings. The zero-order chi connectivity index (χ0) is 17.7. The number of aromatic nitrogens is 1.